The van der Waals surface area contributed by atoms with E-state index in [0.717, 1.165) is 6.42 Å². The third-order valence-electron chi connectivity index (χ3n) is 2.84. The van der Waals surface area contributed by atoms with Gasteiger partial charge in [-0.1, -0.05) is 6.92 Å². The van der Waals surface area contributed by atoms with Crippen molar-refractivity contribution in [1.29, 1.82) is 0 Å². The van der Waals surface area contributed by atoms with Crippen LogP contribution in [0.4, 0.5) is 0 Å². The number of carbonyl (C=O) groups excluding carboxylic acids is 1. The lowest BCUT2D eigenvalue weighted by molar-refractivity contribution is -0.141. The van der Waals surface area contributed by atoms with Crippen molar-refractivity contribution in [2.45, 2.75) is 40.2 Å². The van der Waals surface area contributed by atoms with E-state index in [9.17, 15) is 4.79 Å². The number of hydrogen-bond acceptors (Lipinski definition) is 2. The van der Waals surface area contributed by atoms with Gasteiger partial charge in [-0.25, -0.2) is 0 Å². The number of rotatable bonds is 4. The fourth-order valence-electron chi connectivity index (χ4n) is 1.04. The molecule has 0 aliphatic carbocycles. The molecule has 0 bridgehead atoms. The van der Waals surface area contributed by atoms with Gasteiger partial charge in [0, 0.05) is 19.6 Å². The lowest BCUT2D eigenvalue weighted by atomic mass is 9.86. The summed E-state index contributed by atoms with van der Waals surface area (Å²) >= 11 is 0. The maximum Gasteiger partial charge on any atom is 0.229 e. The first-order chi connectivity index (χ1) is 5.89. The van der Waals surface area contributed by atoms with Gasteiger partial charge < -0.3 is 10.6 Å². The van der Waals surface area contributed by atoms with Crippen molar-refractivity contribution < 1.29 is 4.79 Å². The van der Waals surface area contributed by atoms with Crippen molar-refractivity contribution in [2.75, 3.05) is 13.6 Å². The topological polar surface area (TPSA) is 46.3 Å². The van der Waals surface area contributed by atoms with E-state index in [0.29, 0.717) is 6.54 Å². The highest BCUT2D eigenvalue weighted by atomic mass is 16.2. The zero-order chi connectivity index (χ0) is 10.6. The van der Waals surface area contributed by atoms with Gasteiger partial charge >= 0.3 is 0 Å². The van der Waals surface area contributed by atoms with Gasteiger partial charge in [0.1, 0.15) is 0 Å². The van der Waals surface area contributed by atoms with Gasteiger partial charge in [0.15, 0.2) is 0 Å². The Morgan fingerprint density at radius 3 is 2.23 bits per heavy atom. The Kier molecular flexibility index (Phi) is 4.40. The third-order valence-corrected chi connectivity index (χ3v) is 2.84. The standard InChI is InChI=1S/C10H22N2O/c1-6-10(4,7-11)9(13)12(5)8(2)3/h8H,6-7,11H2,1-5H3. The summed E-state index contributed by atoms with van der Waals surface area (Å²) in [6.07, 6.45) is 0.791. The van der Waals surface area contributed by atoms with Gasteiger partial charge in [-0.15, -0.1) is 0 Å². The van der Waals surface area contributed by atoms with Gasteiger partial charge in [0.25, 0.3) is 0 Å². The van der Waals surface area contributed by atoms with Crippen LogP contribution in [0.15, 0.2) is 0 Å². The average Bonchev–Trinajstić information content (AvgIpc) is 2.14. The van der Waals surface area contributed by atoms with Gasteiger partial charge in [0.2, 0.25) is 5.91 Å². The molecule has 0 saturated carbocycles. The highest BCUT2D eigenvalue weighted by Crippen LogP contribution is 2.22. The second-order valence-corrected chi connectivity index (χ2v) is 4.13. The molecule has 0 fully saturated rings. The van der Waals surface area contributed by atoms with Crippen molar-refractivity contribution in [3.05, 3.63) is 0 Å². The van der Waals surface area contributed by atoms with Crippen molar-refractivity contribution in [3.8, 4) is 0 Å². The van der Waals surface area contributed by atoms with Crippen LogP contribution in [0.2, 0.25) is 0 Å². The lowest BCUT2D eigenvalue weighted by Gasteiger charge is -2.32. The van der Waals surface area contributed by atoms with E-state index in [2.05, 4.69) is 0 Å². The van der Waals surface area contributed by atoms with Crippen molar-refractivity contribution in [2.24, 2.45) is 11.1 Å². The summed E-state index contributed by atoms with van der Waals surface area (Å²) in [7, 11) is 1.83. The van der Waals surface area contributed by atoms with Crippen LogP contribution < -0.4 is 5.73 Å². The molecule has 0 aromatic rings. The van der Waals surface area contributed by atoms with Crippen LogP contribution in [-0.4, -0.2) is 30.4 Å². The first kappa shape index (κ1) is 12.4. The molecule has 0 heterocycles. The fraction of sp³-hybridized carbons (Fsp3) is 0.900. The Bertz CT molecular complexity index is 174. The molecule has 0 aromatic heterocycles. The molecule has 0 spiro atoms. The molecule has 0 aliphatic heterocycles. The van der Waals surface area contributed by atoms with Gasteiger partial charge in [-0.05, 0) is 27.2 Å². The number of hydrogen-bond donors (Lipinski definition) is 1. The predicted octanol–water partition coefficient (Wildman–Crippen LogP) is 1.23. The molecule has 3 heteroatoms. The summed E-state index contributed by atoms with van der Waals surface area (Å²) in [5.74, 6) is 0.146. The van der Waals surface area contributed by atoms with E-state index >= 15 is 0 Å². The molecule has 0 saturated heterocycles. The molecule has 78 valence electrons. The van der Waals surface area contributed by atoms with Crippen LogP contribution in [-0.2, 0) is 4.79 Å². The SMILES string of the molecule is CCC(C)(CN)C(=O)N(C)C(C)C. The number of carbonyl (C=O) groups is 1. The summed E-state index contributed by atoms with van der Waals surface area (Å²) in [4.78, 5) is 13.7. The Morgan fingerprint density at radius 2 is 2.00 bits per heavy atom. The van der Waals surface area contributed by atoms with Crippen molar-refractivity contribution in [3.63, 3.8) is 0 Å². The summed E-state index contributed by atoms with van der Waals surface area (Å²) in [5, 5.41) is 0. The lowest BCUT2D eigenvalue weighted by Crippen LogP contribution is -2.46. The van der Waals surface area contributed by atoms with Crippen LogP contribution >= 0.6 is 0 Å². The maximum atomic E-state index is 11.9. The molecule has 1 unspecified atom stereocenters. The Balaban J connectivity index is 4.56. The molecular weight excluding hydrogens is 164 g/mol. The minimum absolute atomic E-state index is 0.146. The molecule has 0 rings (SSSR count). The Hall–Kier alpha value is -0.570. The van der Waals surface area contributed by atoms with E-state index < -0.39 is 0 Å². The second-order valence-electron chi connectivity index (χ2n) is 4.13. The van der Waals surface area contributed by atoms with Crippen LogP contribution in [0, 0.1) is 5.41 Å². The summed E-state index contributed by atoms with van der Waals surface area (Å²) in [6, 6.07) is 0.241. The monoisotopic (exact) mass is 186 g/mol. The van der Waals surface area contributed by atoms with Crippen LogP contribution in [0.5, 0.6) is 0 Å². The van der Waals surface area contributed by atoms with E-state index in [1.54, 1.807) is 4.90 Å². The summed E-state index contributed by atoms with van der Waals surface area (Å²) in [6.45, 7) is 8.35. The van der Waals surface area contributed by atoms with Crippen LogP contribution in [0.3, 0.4) is 0 Å². The number of nitrogens with zero attached hydrogens (tertiary/aromatic N) is 1. The molecule has 0 aliphatic rings. The van der Waals surface area contributed by atoms with Crippen LogP contribution in [0.25, 0.3) is 0 Å². The number of amides is 1. The third kappa shape index (κ3) is 2.69. The van der Waals surface area contributed by atoms with Crippen molar-refractivity contribution in [1.82, 2.24) is 4.90 Å². The fourth-order valence-corrected chi connectivity index (χ4v) is 1.04. The number of nitrogens with two attached hydrogens (primary N) is 1. The molecule has 0 radical (unpaired) electrons. The van der Waals surface area contributed by atoms with Crippen LogP contribution in [0.1, 0.15) is 34.1 Å². The minimum Gasteiger partial charge on any atom is -0.343 e. The second kappa shape index (κ2) is 4.61. The molecule has 3 nitrogen and oxygen atoms in total. The maximum absolute atomic E-state index is 11.9. The molecule has 0 aromatic carbocycles. The zero-order valence-corrected chi connectivity index (χ0v) is 9.42. The Morgan fingerprint density at radius 1 is 1.54 bits per heavy atom. The normalized spacial score (nSPS) is 15.6. The van der Waals surface area contributed by atoms with E-state index in [4.69, 9.17) is 5.73 Å². The predicted molar refractivity (Wildman–Crippen MR) is 55.4 cm³/mol. The van der Waals surface area contributed by atoms with Gasteiger partial charge in [0.05, 0.1) is 5.41 Å². The van der Waals surface area contributed by atoms with Crippen molar-refractivity contribution >= 4 is 5.91 Å². The highest BCUT2D eigenvalue weighted by molar-refractivity contribution is 5.82. The van der Waals surface area contributed by atoms with Gasteiger partial charge in [-0.3, -0.25) is 4.79 Å². The molecule has 1 amide bonds. The zero-order valence-electron chi connectivity index (χ0n) is 9.42. The highest BCUT2D eigenvalue weighted by Gasteiger charge is 2.32. The van der Waals surface area contributed by atoms with E-state index in [1.807, 2.05) is 34.7 Å². The smallest absolute Gasteiger partial charge is 0.229 e. The minimum atomic E-state index is -0.390. The quantitative estimate of drug-likeness (QED) is 0.717. The molecule has 2 N–H and O–H groups in total. The summed E-state index contributed by atoms with van der Waals surface area (Å²) in [5.41, 5.74) is 5.22. The van der Waals surface area contributed by atoms with E-state index in [1.165, 1.54) is 0 Å². The molecule has 1 atom stereocenters. The van der Waals surface area contributed by atoms with E-state index in [-0.39, 0.29) is 17.4 Å². The Labute approximate surface area is 81.3 Å². The molecule has 13 heavy (non-hydrogen) atoms. The average molecular weight is 186 g/mol. The summed E-state index contributed by atoms with van der Waals surface area (Å²) < 4.78 is 0. The first-order valence-electron chi connectivity index (χ1n) is 4.86. The van der Waals surface area contributed by atoms with Gasteiger partial charge in [-0.2, -0.15) is 0 Å². The first-order valence-corrected chi connectivity index (χ1v) is 4.86. The molecular formula is C10H22N2O. The largest absolute Gasteiger partial charge is 0.343 e.